The van der Waals surface area contributed by atoms with Gasteiger partial charge in [0.1, 0.15) is 11.6 Å². The summed E-state index contributed by atoms with van der Waals surface area (Å²) < 4.78 is 24.6. The lowest BCUT2D eigenvalue weighted by Gasteiger charge is -2.36. The second kappa shape index (κ2) is 11.2. The molecule has 0 atom stereocenters. The van der Waals surface area contributed by atoms with E-state index in [0.717, 1.165) is 41.0 Å². The fraction of sp³-hybridized carbons (Fsp3) is 0.367. The van der Waals surface area contributed by atoms with Gasteiger partial charge in [0.25, 0.3) is 0 Å². The van der Waals surface area contributed by atoms with Crippen molar-refractivity contribution in [2.24, 2.45) is 0 Å². The van der Waals surface area contributed by atoms with E-state index in [4.69, 9.17) is 9.26 Å². The highest BCUT2D eigenvalue weighted by atomic mass is 19.1. The number of amides is 1. The number of aryl methyl sites for hydroxylation is 3. The van der Waals surface area contributed by atoms with Crippen LogP contribution in [0.1, 0.15) is 48.2 Å². The smallest absolute Gasteiger partial charge is 0.227 e. The second-order valence-electron chi connectivity index (χ2n) is 9.93. The number of hydrogen-bond acceptors (Lipinski definition) is 6. The molecule has 2 aromatic carbocycles. The summed E-state index contributed by atoms with van der Waals surface area (Å²) in [6.45, 7) is 6.82. The van der Waals surface area contributed by atoms with Gasteiger partial charge in [-0.1, -0.05) is 28.9 Å². The maximum Gasteiger partial charge on any atom is 0.227 e. The monoisotopic (exact) mass is 516 g/mol. The van der Waals surface area contributed by atoms with Gasteiger partial charge in [0.05, 0.1) is 12.7 Å². The third-order valence-corrected chi connectivity index (χ3v) is 7.29. The number of piperazine rings is 1. The summed E-state index contributed by atoms with van der Waals surface area (Å²) in [5.41, 5.74) is 6.48. The fourth-order valence-electron chi connectivity index (χ4n) is 5.12. The van der Waals surface area contributed by atoms with Crippen LogP contribution in [0.5, 0.6) is 0 Å². The minimum absolute atomic E-state index is 0.0615. The zero-order valence-electron chi connectivity index (χ0n) is 22.2. The lowest BCUT2D eigenvalue weighted by Crippen LogP contribution is -2.48. The van der Waals surface area contributed by atoms with Crippen LogP contribution < -0.4 is 4.90 Å². The zero-order chi connectivity index (χ0) is 26.6. The molecule has 8 heteroatoms. The van der Waals surface area contributed by atoms with Gasteiger partial charge in [0.15, 0.2) is 0 Å². The first-order chi connectivity index (χ1) is 18.4. The molecule has 1 fully saturated rings. The van der Waals surface area contributed by atoms with E-state index < -0.39 is 0 Å². The number of rotatable bonds is 6. The van der Waals surface area contributed by atoms with Crippen molar-refractivity contribution in [3.8, 4) is 0 Å². The summed E-state index contributed by atoms with van der Waals surface area (Å²) in [4.78, 5) is 21.6. The molecule has 3 aromatic rings. The molecule has 5 rings (SSSR count). The van der Waals surface area contributed by atoms with Crippen molar-refractivity contribution in [1.29, 1.82) is 0 Å². The van der Waals surface area contributed by atoms with Gasteiger partial charge in [-0.25, -0.2) is 4.39 Å². The summed E-state index contributed by atoms with van der Waals surface area (Å²) in [6, 6.07) is 13.0. The Kier molecular flexibility index (Phi) is 7.58. The zero-order valence-corrected chi connectivity index (χ0v) is 22.2. The lowest BCUT2D eigenvalue weighted by atomic mass is 9.92. The van der Waals surface area contributed by atoms with Crippen LogP contribution in [0.4, 0.5) is 10.1 Å². The minimum Gasteiger partial charge on any atom is -0.496 e. The Bertz CT molecular complexity index is 1370. The first-order valence-corrected chi connectivity index (χ1v) is 13.1. The maximum atomic E-state index is 13.2. The summed E-state index contributed by atoms with van der Waals surface area (Å²) in [6.07, 6.45) is 4.56. The molecule has 1 aliphatic heterocycles. The van der Waals surface area contributed by atoms with Gasteiger partial charge in [-0.2, -0.15) is 4.98 Å². The molecule has 0 bridgehead atoms. The summed E-state index contributed by atoms with van der Waals surface area (Å²) >= 11 is 0. The number of allylic oxidation sites excluding steroid dienone is 2. The Labute approximate surface area is 222 Å². The fourth-order valence-corrected chi connectivity index (χ4v) is 5.12. The molecular formula is C30H33FN4O3. The highest BCUT2D eigenvalue weighted by Crippen LogP contribution is 2.32. The van der Waals surface area contributed by atoms with Crippen LogP contribution in [0.3, 0.4) is 0 Å². The van der Waals surface area contributed by atoms with Crippen LogP contribution in [-0.2, 0) is 22.4 Å². The van der Waals surface area contributed by atoms with Gasteiger partial charge in [0, 0.05) is 44.7 Å². The average Bonchev–Trinajstić information content (AvgIpc) is 3.39. The van der Waals surface area contributed by atoms with Crippen LogP contribution >= 0.6 is 0 Å². The molecule has 1 saturated heterocycles. The van der Waals surface area contributed by atoms with E-state index in [1.54, 1.807) is 19.2 Å². The molecule has 0 radical (unpaired) electrons. The largest absolute Gasteiger partial charge is 0.496 e. The Hall–Kier alpha value is -3.94. The number of fused-ring (bicyclic) bond motifs is 1. The Balaban J connectivity index is 1.25. The van der Waals surface area contributed by atoms with Crippen molar-refractivity contribution in [3.63, 3.8) is 0 Å². The van der Waals surface area contributed by atoms with E-state index in [1.807, 2.05) is 4.90 Å². The summed E-state index contributed by atoms with van der Waals surface area (Å²) in [5, 5.41) is 4.25. The molecule has 0 unspecified atom stereocenters. The van der Waals surface area contributed by atoms with E-state index in [2.05, 4.69) is 53.2 Å². The van der Waals surface area contributed by atoms with Gasteiger partial charge in [-0.15, -0.1) is 0 Å². The van der Waals surface area contributed by atoms with Crippen LogP contribution in [0.2, 0.25) is 0 Å². The van der Waals surface area contributed by atoms with E-state index in [1.165, 1.54) is 23.3 Å². The summed E-state index contributed by atoms with van der Waals surface area (Å²) in [5.74, 6) is 1.47. The lowest BCUT2D eigenvalue weighted by molar-refractivity contribution is -0.131. The SMILES string of the molecule is COC1=C(/C)CCc2ccc(C)cc2/C=C\1c1noc(CCC(=O)N2CCN(c3ccc(F)cc3)CC2)n1. The van der Waals surface area contributed by atoms with Crippen LogP contribution in [0.15, 0.2) is 58.3 Å². The van der Waals surface area contributed by atoms with Crippen molar-refractivity contribution in [1.82, 2.24) is 15.0 Å². The topological polar surface area (TPSA) is 71.7 Å². The van der Waals surface area contributed by atoms with Gasteiger partial charge in [0.2, 0.25) is 17.6 Å². The first kappa shape index (κ1) is 25.7. The highest BCUT2D eigenvalue weighted by molar-refractivity contribution is 5.88. The first-order valence-electron chi connectivity index (χ1n) is 13.1. The molecule has 2 aliphatic rings. The van der Waals surface area contributed by atoms with E-state index in [-0.39, 0.29) is 11.7 Å². The summed E-state index contributed by atoms with van der Waals surface area (Å²) in [7, 11) is 1.67. The molecule has 2 heterocycles. The van der Waals surface area contributed by atoms with Gasteiger partial charge in [-0.05, 0) is 73.7 Å². The van der Waals surface area contributed by atoms with Gasteiger partial charge in [-0.3, -0.25) is 4.79 Å². The van der Waals surface area contributed by atoms with Crippen LogP contribution in [0.25, 0.3) is 11.6 Å². The number of halogens is 1. The van der Waals surface area contributed by atoms with Gasteiger partial charge >= 0.3 is 0 Å². The molecule has 198 valence electrons. The molecule has 1 aromatic heterocycles. The van der Waals surface area contributed by atoms with Crippen molar-refractivity contribution in [3.05, 3.63) is 88.0 Å². The normalized spacial score (nSPS) is 19.3. The minimum atomic E-state index is -0.248. The number of nitrogens with zero attached hydrogens (tertiary/aromatic N) is 4. The van der Waals surface area contributed by atoms with Crippen molar-refractivity contribution in [2.75, 3.05) is 38.2 Å². The van der Waals surface area contributed by atoms with Crippen LogP contribution in [0, 0.1) is 12.7 Å². The number of benzene rings is 2. The molecule has 38 heavy (non-hydrogen) atoms. The third-order valence-electron chi connectivity index (χ3n) is 7.29. The quantitative estimate of drug-likeness (QED) is 0.448. The Morgan fingerprint density at radius 3 is 2.55 bits per heavy atom. The third kappa shape index (κ3) is 5.64. The number of anilines is 1. The van der Waals surface area contributed by atoms with Crippen LogP contribution in [-0.4, -0.2) is 54.2 Å². The molecule has 0 saturated carbocycles. The number of carbonyl (C=O) groups excluding carboxylic acids is 1. The number of aromatic nitrogens is 2. The van der Waals surface area contributed by atoms with E-state index in [0.29, 0.717) is 50.7 Å². The molecular weight excluding hydrogens is 483 g/mol. The van der Waals surface area contributed by atoms with Crippen molar-refractivity contribution in [2.45, 2.75) is 39.5 Å². The molecule has 0 N–H and O–H groups in total. The number of ether oxygens (including phenoxy) is 1. The van der Waals surface area contributed by atoms with Gasteiger partial charge < -0.3 is 19.1 Å². The molecule has 0 spiro atoms. The molecule has 7 nitrogen and oxygen atoms in total. The maximum absolute atomic E-state index is 13.2. The predicted molar refractivity (Wildman–Crippen MR) is 145 cm³/mol. The number of methoxy groups -OCH3 is 1. The predicted octanol–water partition coefficient (Wildman–Crippen LogP) is 5.21. The van der Waals surface area contributed by atoms with Crippen molar-refractivity contribution >= 4 is 23.2 Å². The number of carbonyl (C=O) groups is 1. The van der Waals surface area contributed by atoms with Crippen molar-refractivity contribution < 1.29 is 18.4 Å². The number of hydrogen-bond donors (Lipinski definition) is 0. The van der Waals surface area contributed by atoms with E-state index >= 15 is 0 Å². The molecule has 1 amide bonds. The molecule has 1 aliphatic carbocycles. The Morgan fingerprint density at radius 1 is 1.05 bits per heavy atom. The van der Waals surface area contributed by atoms with E-state index in [9.17, 15) is 9.18 Å². The standard InChI is InChI=1S/C30H33FN4O3/c1-20-4-6-22-7-5-21(2)29(37-3)26(19-23(22)18-20)30-32-27(38-33-30)12-13-28(36)35-16-14-34(15-17-35)25-10-8-24(31)9-11-25/h4,6,8-11,18-19H,5,7,12-17H2,1-3H3/b26-19+,29-21-. The Morgan fingerprint density at radius 2 is 1.82 bits per heavy atom. The highest BCUT2D eigenvalue weighted by Gasteiger charge is 2.24. The average molecular weight is 517 g/mol. The second-order valence-corrected chi connectivity index (χ2v) is 9.93.